The van der Waals surface area contributed by atoms with Crippen LogP contribution in [0, 0.1) is 0 Å². The predicted octanol–water partition coefficient (Wildman–Crippen LogP) is 1.32. The van der Waals surface area contributed by atoms with Gasteiger partial charge in [-0.3, -0.25) is 0 Å². The van der Waals surface area contributed by atoms with Crippen molar-refractivity contribution < 1.29 is 18.3 Å². The van der Waals surface area contributed by atoms with Crippen molar-refractivity contribution in [3.05, 3.63) is 35.9 Å². The van der Waals surface area contributed by atoms with E-state index in [0.717, 1.165) is 5.82 Å². The quantitative estimate of drug-likeness (QED) is 0.902. The number of sulfone groups is 1. The van der Waals surface area contributed by atoms with E-state index >= 15 is 0 Å². The van der Waals surface area contributed by atoms with Gasteiger partial charge in [-0.2, -0.15) is 0 Å². The monoisotopic (exact) mass is 294 g/mol. The highest BCUT2D eigenvalue weighted by atomic mass is 32.2. The number of fused-ring (bicyclic) bond motifs is 1. The SMILES string of the molecule is O=C(O)c1ccn2c(C3CCS(=O)(=O)CC3)ncc2c1. The van der Waals surface area contributed by atoms with Crippen LogP contribution in [0.4, 0.5) is 0 Å². The predicted molar refractivity (Wildman–Crippen MR) is 72.8 cm³/mol. The molecule has 6 nitrogen and oxygen atoms in total. The number of aromatic carboxylic acids is 1. The van der Waals surface area contributed by atoms with Crippen LogP contribution in [0.1, 0.15) is 34.9 Å². The van der Waals surface area contributed by atoms with Crippen molar-refractivity contribution in [1.29, 1.82) is 0 Å². The first-order valence-corrected chi connectivity index (χ1v) is 8.19. The second-order valence-corrected chi connectivity index (χ2v) is 7.36. The van der Waals surface area contributed by atoms with Gasteiger partial charge in [0.05, 0.1) is 28.8 Å². The van der Waals surface area contributed by atoms with Crippen molar-refractivity contribution in [3.63, 3.8) is 0 Å². The van der Waals surface area contributed by atoms with Gasteiger partial charge in [-0.25, -0.2) is 18.2 Å². The van der Waals surface area contributed by atoms with Crippen LogP contribution in [0.25, 0.3) is 5.52 Å². The van der Waals surface area contributed by atoms with Crippen LogP contribution in [0.3, 0.4) is 0 Å². The number of carbonyl (C=O) groups is 1. The van der Waals surface area contributed by atoms with E-state index in [-0.39, 0.29) is 23.0 Å². The minimum atomic E-state index is -2.89. The molecule has 2 aromatic heterocycles. The molecule has 0 spiro atoms. The fourth-order valence-corrected chi connectivity index (χ4v) is 4.10. The number of aromatic nitrogens is 2. The number of imidazole rings is 1. The molecule has 1 fully saturated rings. The van der Waals surface area contributed by atoms with Gasteiger partial charge in [0, 0.05) is 12.1 Å². The Bertz CT molecular complexity index is 765. The van der Waals surface area contributed by atoms with Gasteiger partial charge in [0.1, 0.15) is 15.7 Å². The Labute approximate surface area is 116 Å². The summed E-state index contributed by atoms with van der Waals surface area (Å²) in [5, 5.41) is 8.96. The minimum Gasteiger partial charge on any atom is -0.478 e. The molecule has 1 aliphatic heterocycles. The van der Waals surface area contributed by atoms with Gasteiger partial charge in [0.25, 0.3) is 0 Å². The van der Waals surface area contributed by atoms with E-state index < -0.39 is 15.8 Å². The highest BCUT2D eigenvalue weighted by Gasteiger charge is 2.27. The largest absolute Gasteiger partial charge is 0.478 e. The number of rotatable bonds is 2. The molecule has 1 saturated heterocycles. The summed E-state index contributed by atoms with van der Waals surface area (Å²) in [6.45, 7) is 0. The van der Waals surface area contributed by atoms with Crippen molar-refractivity contribution >= 4 is 21.3 Å². The van der Waals surface area contributed by atoms with Gasteiger partial charge < -0.3 is 9.51 Å². The van der Waals surface area contributed by atoms with Crippen LogP contribution in [0.15, 0.2) is 24.5 Å². The smallest absolute Gasteiger partial charge is 0.335 e. The summed E-state index contributed by atoms with van der Waals surface area (Å²) >= 11 is 0. The molecule has 0 atom stereocenters. The van der Waals surface area contributed by atoms with Gasteiger partial charge in [-0.15, -0.1) is 0 Å². The Balaban J connectivity index is 1.95. The third-order valence-electron chi connectivity index (χ3n) is 3.73. The molecule has 1 N–H and O–H groups in total. The number of carboxylic acid groups (broad SMARTS) is 1. The summed E-state index contributed by atoms with van der Waals surface area (Å²) in [7, 11) is -2.89. The molecule has 0 radical (unpaired) electrons. The Hall–Kier alpha value is -1.89. The summed E-state index contributed by atoms with van der Waals surface area (Å²) in [6, 6.07) is 3.10. The highest BCUT2D eigenvalue weighted by Crippen LogP contribution is 2.28. The summed E-state index contributed by atoms with van der Waals surface area (Å²) in [6.07, 6.45) is 4.46. The van der Waals surface area contributed by atoms with Gasteiger partial charge in [0.15, 0.2) is 0 Å². The lowest BCUT2D eigenvalue weighted by Gasteiger charge is -2.20. The van der Waals surface area contributed by atoms with E-state index in [2.05, 4.69) is 4.98 Å². The summed E-state index contributed by atoms with van der Waals surface area (Å²) in [5.41, 5.74) is 0.934. The minimum absolute atomic E-state index is 0.108. The number of pyridine rings is 1. The van der Waals surface area contributed by atoms with E-state index in [9.17, 15) is 13.2 Å². The van der Waals surface area contributed by atoms with E-state index in [0.29, 0.717) is 18.4 Å². The normalized spacial score (nSPS) is 19.2. The molecule has 0 amide bonds. The van der Waals surface area contributed by atoms with Crippen LogP contribution >= 0.6 is 0 Å². The lowest BCUT2D eigenvalue weighted by Crippen LogP contribution is -2.23. The van der Waals surface area contributed by atoms with Crippen LogP contribution in [-0.2, 0) is 9.84 Å². The molecule has 20 heavy (non-hydrogen) atoms. The van der Waals surface area contributed by atoms with Crippen molar-refractivity contribution in [2.75, 3.05) is 11.5 Å². The Kier molecular flexibility index (Phi) is 3.01. The van der Waals surface area contributed by atoms with Crippen molar-refractivity contribution in [2.24, 2.45) is 0 Å². The first-order valence-electron chi connectivity index (χ1n) is 6.37. The van der Waals surface area contributed by atoms with Crippen LogP contribution in [0.2, 0.25) is 0 Å². The maximum atomic E-state index is 11.5. The number of carboxylic acids is 1. The van der Waals surface area contributed by atoms with Crippen LogP contribution in [-0.4, -0.2) is 40.4 Å². The van der Waals surface area contributed by atoms with Gasteiger partial charge >= 0.3 is 5.97 Å². The summed E-state index contributed by atoms with van der Waals surface area (Å²) in [5.74, 6) is 0.335. The van der Waals surface area contributed by atoms with E-state index in [1.807, 2.05) is 4.40 Å². The average molecular weight is 294 g/mol. The molecule has 3 heterocycles. The van der Waals surface area contributed by atoms with Gasteiger partial charge in [0.2, 0.25) is 0 Å². The molecule has 7 heteroatoms. The summed E-state index contributed by atoms with van der Waals surface area (Å²) in [4.78, 5) is 15.3. The number of nitrogens with zero attached hydrogens (tertiary/aromatic N) is 2. The van der Waals surface area contributed by atoms with Gasteiger partial charge in [-0.1, -0.05) is 0 Å². The lowest BCUT2D eigenvalue weighted by atomic mass is 10.0. The second kappa shape index (κ2) is 4.59. The fraction of sp³-hybridized carbons (Fsp3) is 0.385. The zero-order valence-corrected chi connectivity index (χ0v) is 11.5. The molecule has 1 aliphatic rings. The second-order valence-electron chi connectivity index (χ2n) is 5.06. The Morgan fingerprint density at radius 2 is 2.05 bits per heavy atom. The standard InChI is InChI=1S/C13H14N2O4S/c16-13(17)10-1-4-15-11(7-10)8-14-12(15)9-2-5-20(18,19)6-3-9/h1,4,7-9H,2-3,5-6H2,(H,16,17). The highest BCUT2D eigenvalue weighted by molar-refractivity contribution is 7.91. The molecule has 3 rings (SSSR count). The summed E-state index contributed by atoms with van der Waals surface area (Å²) < 4.78 is 24.8. The van der Waals surface area contributed by atoms with Crippen molar-refractivity contribution in [1.82, 2.24) is 9.38 Å². The number of hydrogen-bond donors (Lipinski definition) is 1. The molecule has 106 valence electrons. The Morgan fingerprint density at radius 1 is 1.35 bits per heavy atom. The van der Waals surface area contributed by atoms with Gasteiger partial charge in [-0.05, 0) is 25.0 Å². The molecule has 0 unspecified atom stereocenters. The van der Waals surface area contributed by atoms with Crippen molar-refractivity contribution in [3.8, 4) is 0 Å². The van der Waals surface area contributed by atoms with E-state index in [4.69, 9.17) is 5.11 Å². The third-order valence-corrected chi connectivity index (χ3v) is 5.44. The maximum Gasteiger partial charge on any atom is 0.335 e. The topological polar surface area (TPSA) is 88.7 Å². The zero-order valence-electron chi connectivity index (χ0n) is 10.7. The maximum absolute atomic E-state index is 11.5. The molecule has 0 aromatic carbocycles. The van der Waals surface area contributed by atoms with E-state index in [1.165, 1.54) is 6.07 Å². The lowest BCUT2D eigenvalue weighted by molar-refractivity contribution is 0.0697. The number of hydrogen-bond acceptors (Lipinski definition) is 4. The first kappa shape index (κ1) is 13.1. The Morgan fingerprint density at radius 3 is 2.70 bits per heavy atom. The molecule has 0 bridgehead atoms. The first-order chi connectivity index (χ1) is 9.46. The fourth-order valence-electron chi connectivity index (χ4n) is 2.60. The third kappa shape index (κ3) is 2.29. The van der Waals surface area contributed by atoms with Crippen molar-refractivity contribution in [2.45, 2.75) is 18.8 Å². The average Bonchev–Trinajstić information content (AvgIpc) is 2.81. The van der Waals surface area contributed by atoms with E-state index in [1.54, 1.807) is 18.5 Å². The van der Waals surface area contributed by atoms with Crippen LogP contribution in [0.5, 0.6) is 0 Å². The molecular weight excluding hydrogens is 280 g/mol. The molecular formula is C13H14N2O4S. The molecule has 0 aliphatic carbocycles. The molecule has 2 aromatic rings. The van der Waals surface area contributed by atoms with Crippen LogP contribution < -0.4 is 0 Å². The zero-order chi connectivity index (χ0) is 14.3. The molecule has 0 saturated carbocycles.